The second kappa shape index (κ2) is 9.48. The Kier molecular flexibility index (Phi) is 6.12. The largest absolute Gasteiger partial charge is 0.457 e. The maximum absolute atomic E-state index is 11.5. The fourth-order valence-corrected chi connectivity index (χ4v) is 2.94. The molecule has 0 radical (unpaired) electrons. The number of rotatable bonds is 7. The summed E-state index contributed by atoms with van der Waals surface area (Å²) in [5.41, 5.74) is 14.2. The Bertz CT molecular complexity index is 1290. The van der Waals surface area contributed by atoms with Crippen LogP contribution in [0.25, 0.3) is 11.1 Å². The first-order valence-corrected chi connectivity index (χ1v) is 9.82. The molecule has 0 aliphatic carbocycles. The minimum Gasteiger partial charge on any atom is -0.457 e. The SMILES string of the molecule is C=CC(=O)Nc1cncc(Oc2ncnc(N)c2-c2ccc(Oc3ccc(N)cc3)cc2)c1. The van der Waals surface area contributed by atoms with Crippen molar-refractivity contribution in [1.29, 1.82) is 0 Å². The molecule has 0 unspecified atom stereocenters. The highest BCUT2D eigenvalue weighted by atomic mass is 16.5. The number of hydrogen-bond acceptors (Lipinski definition) is 8. The minimum atomic E-state index is -0.359. The van der Waals surface area contributed by atoms with Gasteiger partial charge in [-0.05, 0) is 48.0 Å². The number of nitrogens with two attached hydrogens (primary N) is 2. The number of pyridine rings is 1. The first kappa shape index (κ1) is 21.3. The molecule has 5 N–H and O–H groups in total. The average Bonchev–Trinajstić information content (AvgIpc) is 2.82. The second-order valence-corrected chi connectivity index (χ2v) is 6.84. The van der Waals surface area contributed by atoms with E-state index in [0.717, 1.165) is 11.6 Å². The van der Waals surface area contributed by atoms with Crippen LogP contribution in [0.3, 0.4) is 0 Å². The van der Waals surface area contributed by atoms with Gasteiger partial charge in [-0.1, -0.05) is 18.7 Å². The van der Waals surface area contributed by atoms with E-state index in [1.54, 1.807) is 42.5 Å². The molecular weight excluding hydrogens is 420 g/mol. The number of benzene rings is 2. The monoisotopic (exact) mass is 440 g/mol. The highest BCUT2D eigenvalue weighted by Gasteiger charge is 2.15. The number of ether oxygens (including phenoxy) is 2. The highest BCUT2D eigenvalue weighted by Crippen LogP contribution is 2.36. The third kappa shape index (κ3) is 5.23. The van der Waals surface area contributed by atoms with Gasteiger partial charge in [0.25, 0.3) is 0 Å². The maximum Gasteiger partial charge on any atom is 0.247 e. The number of anilines is 3. The van der Waals surface area contributed by atoms with E-state index in [0.29, 0.717) is 34.2 Å². The van der Waals surface area contributed by atoms with Gasteiger partial charge < -0.3 is 26.3 Å². The van der Waals surface area contributed by atoms with Crippen LogP contribution in [0.5, 0.6) is 23.1 Å². The number of nitrogens with one attached hydrogen (secondary N) is 1. The summed E-state index contributed by atoms with van der Waals surface area (Å²) in [4.78, 5) is 23.9. The first-order chi connectivity index (χ1) is 16.0. The van der Waals surface area contributed by atoms with Crippen molar-refractivity contribution in [3.63, 3.8) is 0 Å². The van der Waals surface area contributed by atoms with Crippen molar-refractivity contribution in [2.75, 3.05) is 16.8 Å². The van der Waals surface area contributed by atoms with Crippen molar-refractivity contribution in [3.8, 4) is 34.3 Å². The molecule has 2 heterocycles. The van der Waals surface area contributed by atoms with Crippen LogP contribution in [0.2, 0.25) is 0 Å². The molecule has 0 aliphatic rings. The molecule has 0 fully saturated rings. The van der Waals surface area contributed by atoms with Crippen molar-refractivity contribution in [1.82, 2.24) is 15.0 Å². The molecule has 164 valence electrons. The predicted octanol–water partition coefficient (Wildman–Crippen LogP) is 4.41. The van der Waals surface area contributed by atoms with Gasteiger partial charge in [-0.3, -0.25) is 9.78 Å². The average molecular weight is 440 g/mol. The van der Waals surface area contributed by atoms with E-state index in [1.165, 1.54) is 18.7 Å². The molecule has 2 aromatic heterocycles. The van der Waals surface area contributed by atoms with Crippen LogP contribution in [-0.4, -0.2) is 20.9 Å². The summed E-state index contributed by atoms with van der Waals surface area (Å²) < 4.78 is 11.8. The fourth-order valence-electron chi connectivity index (χ4n) is 2.94. The van der Waals surface area contributed by atoms with E-state index < -0.39 is 0 Å². The number of carbonyl (C=O) groups is 1. The lowest BCUT2D eigenvalue weighted by atomic mass is 10.1. The lowest BCUT2D eigenvalue weighted by Gasteiger charge is -2.13. The van der Waals surface area contributed by atoms with Crippen LogP contribution in [0, 0.1) is 0 Å². The summed E-state index contributed by atoms with van der Waals surface area (Å²) in [6.45, 7) is 3.43. The molecule has 1 amide bonds. The van der Waals surface area contributed by atoms with Gasteiger partial charge in [0.05, 0.1) is 23.6 Å². The quantitative estimate of drug-likeness (QED) is 0.284. The number of nitrogen functional groups attached to an aromatic ring is 2. The second-order valence-electron chi connectivity index (χ2n) is 6.84. The Hall–Kier alpha value is -4.92. The van der Waals surface area contributed by atoms with E-state index in [9.17, 15) is 4.79 Å². The number of nitrogens with zero attached hydrogens (tertiary/aromatic N) is 3. The number of carbonyl (C=O) groups excluding carboxylic acids is 1. The highest BCUT2D eigenvalue weighted by molar-refractivity contribution is 5.98. The Balaban J connectivity index is 1.58. The van der Waals surface area contributed by atoms with Crippen LogP contribution in [0.4, 0.5) is 17.2 Å². The predicted molar refractivity (Wildman–Crippen MR) is 126 cm³/mol. The lowest BCUT2D eigenvalue weighted by Crippen LogP contribution is -2.07. The zero-order chi connectivity index (χ0) is 23.2. The van der Waals surface area contributed by atoms with Gasteiger partial charge in [0.2, 0.25) is 11.8 Å². The molecule has 9 heteroatoms. The Morgan fingerprint density at radius 2 is 1.61 bits per heavy atom. The van der Waals surface area contributed by atoms with Gasteiger partial charge in [-0.2, -0.15) is 0 Å². The third-order valence-corrected chi connectivity index (χ3v) is 4.48. The molecule has 0 saturated carbocycles. The van der Waals surface area contributed by atoms with Gasteiger partial charge in [0.15, 0.2) is 0 Å². The minimum absolute atomic E-state index is 0.240. The summed E-state index contributed by atoms with van der Waals surface area (Å²) >= 11 is 0. The van der Waals surface area contributed by atoms with Gasteiger partial charge in [-0.15, -0.1) is 0 Å². The normalized spacial score (nSPS) is 10.3. The van der Waals surface area contributed by atoms with Crippen molar-refractivity contribution in [3.05, 3.63) is 86.0 Å². The Labute approximate surface area is 189 Å². The Morgan fingerprint density at radius 3 is 2.30 bits per heavy atom. The van der Waals surface area contributed by atoms with Gasteiger partial charge >= 0.3 is 0 Å². The van der Waals surface area contributed by atoms with Gasteiger partial charge in [0, 0.05) is 11.8 Å². The van der Waals surface area contributed by atoms with Crippen LogP contribution >= 0.6 is 0 Å². The number of amides is 1. The molecule has 33 heavy (non-hydrogen) atoms. The summed E-state index contributed by atoms with van der Waals surface area (Å²) in [6.07, 6.45) is 5.46. The van der Waals surface area contributed by atoms with Gasteiger partial charge in [-0.25, -0.2) is 9.97 Å². The fraction of sp³-hybridized carbons (Fsp3) is 0. The standard InChI is InChI=1S/C24H20N6O3/c1-2-21(31)30-17-11-20(13-27-12-17)33-24-22(23(26)28-14-29-24)15-3-7-18(8-4-15)32-19-9-5-16(25)6-10-19/h2-14H,1,25H2,(H,30,31)(H2,26,28,29). The first-order valence-electron chi connectivity index (χ1n) is 9.82. The van der Waals surface area contributed by atoms with E-state index in [2.05, 4.69) is 26.8 Å². The van der Waals surface area contributed by atoms with Crippen molar-refractivity contribution < 1.29 is 14.3 Å². The summed E-state index contributed by atoms with van der Waals surface area (Å²) in [6, 6.07) is 16.0. The van der Waals surface area contributed by atoms with E-state index in [4.69, 9.17) is 20.9 Å². The summed E-state index contributed by atoms with van der Waals surface area (Å²) in [7, 11) is 0. The molecule has 0 bridgehead atoms. The summed E-state index contributed by atoms with van der Waals surface area (Å²) in [5, 5.41) is 2.63. The van der Waals surface area contributed by atoms with Gasteiger partial charge in [0.1, 0.15) is 29.4 Å². The van der Waals surface area contributed by atoms with Crippen LogP contribution < -0.4 is 26.3 Å². The van der Waals surface area contributed by atoms with Crippen LogP contribution in [-0.2, 0) is 4.79 Å². The molecule has 0 atom stereocenters. The smallest absolute Gasteiger partial charge is 0.247 e. The summed E-state index contributed by atoms with van der Waals surface area (Å²) in [5.74, 6) is 1.79. The lowest BCUT2D eigenvalue weighted by molar-refractivity contribution is -0.111. The van der Waals surface area contributed by atoms with Crippen LogP contribution in [0.1, 0.15) is 0 Å². The molecule has 9 nitrogen and oxygen atoms in total. The number of aromatic nitrogens is 3. The topological polar surface area (TPSA) is 138 Å². The van der Waals surface area contributed by atoms with E-state index in [-0.39, 0.29) is 17.6 Å². The molecular formula is C24H20N6O3. The molecule has 0 saturated heterocycles. The molecule has 0 spiro atoms. The van der Waals surface area contributed by atoms with Crippen molar-refractivity contribution in [2.24, 2.45) is 0 Å². The molecule has 4 aromatic rings. The van der Waals surface area contributed by atoms with Crippen LogP contribution in [0.15, 0.2) is 86.0 Å². The molecule has 4 rings (SSSR count). The molecule has 2 aromatic carbocycles. The zero-order valence-electron chi connectivity index (χ0n) is 17.4. The number of hydrogen-bond donors (Lipinski definition) is 3. The third-order valence-electron chi connectivity index (χ3n) is 4.48. The van der Waals surface area contributed by atoms with Crippen molar-refractivity contribution in [2.45, 2.75) is 0 Å². The zero-order valence-corrected chi connectivity index (χ0v) is 17.4. The van der Waals surface area contributed by atoms with E-state index in [1.807, 2.05) is 12.1 Å². The van der Waals surface area contributed by atoms with Crippen molar-refractivity contribution >= 4 is 23.1 Å². The maximum atomic E-state index is 11.5. The Morgan fingerprint density at radius 1 is 0.909 bits per heavy atom. The molecule has 0 aliphatic heterocycles. The van der Waals surface area contributed by atoms with E-state index >= 15 is 0 Å².